The number of aliphatic imine (C=N–C) groups is 1. The second kappa shape index (κ2) is 12.8. The lowest BCUT2D eigenvalue weighted by Crippen LogP contribution is -2.49. The number of nitrogens with one attached hydrogen (secondary N) is 2. The highest BCUT2D eigenvalue weighted by Gasteiger charge is 2.18. The standard InChI is InChI=1S/C18H33N7S/c1-3-19-17(20-7-4-5-16-26-2)21-10-11-24-12-14-25(15-13-24)18-22-8-6-9-23-18/h6,8-9H,3-5,7,10-16H2,1-2H3,(H2,19,20,21). The molecule has 0 amide bonds. The maximum atomic E-state index is 4.66. The van der Waals surface area contributed by atoms with E-state index in [-0.39, 0.29) is 0 Å². The van der Waals surface area contributed by atoms with Crippen LogP contribution in [0, 0.1) is 0 Å². The minimum Gasteiger partial charge on any atom is -0.357 e. The summed E-state index contributed by atoms with van der Waals surface area (Å²) in [7, 11) is 0. The summed E-state index contributed by atoms with van der Waals surface area (Å²) < 4.78 is 0. The van der Waals surface area contributed by atoms with Gasteiger partial charge in [-0.1, -0.05) is 0 Å². The first kappa shape index (κ1) is 20.8. The zero-order valence-corrected chi connectivity index (χ0v) is 17.0. The van der Waals surface area contributed by atoms with Crippen molar-refractivity contribution in [3.05, 3.63) is 18.5 Å². The van der Waals surface area contributed by atoms with Crippen LogP contribution in [0.1, 0.15) is 19.8 Å². The highest BCUT2D eigenvalue weighted by Crippen LogP contribution is 2.09. The van der Waals surface area contributed by atoms with E-state index >= 15 is 0 Å². The fraction of sp³-hybridized carbons (Fsp3) is 0.722. The van der Waals surface area contributed by atoms with Crippen LogP contribution in [-0.2, 0) is 0 Å². The third-order valence-electron chi connectivity index (χ3n) is 4.30. The van der Waals surface area contributed by atoms with E-state index in [1.54, 1.807) is 12.4 Å². The van der Waals surface area contributed by atoms with Gasteiger partial charge in [-0.2, -0.15) is 11.8 Å². The lowest BCUT2D eigenvalue weighted by atomic mass is 10.3. The Balaban J connectivity index is 1.64. The predicted molar refractivity (Wildman–Crippen MR) is 112 cm³/mol. The van der Waals surface area contributed by atoms with Gasteiger partial charge in [0, 0.05) is 64.8 Å². The number of aromatic nitrogens is 2. The third-order valence-corrected chi connectivity index (χ3v) is 5.00. The number of hydrogen-bond acceptors (Lipinski definition) is 6. The molecule has 2 rings (SSSR count). The smallest absolute Gasteiger partial charge is 0.225 e. The highest BCUT2D eigenvalue weighted by molar-refractivity contribution is 7.98. The molecule has 146 valence electrons. The van der Waals surface area contributed by atoms with Gasteiger partial charge in [-0.25, -0.2) is 9.97 Å². The first-order valence-corrected chi connectivity index (χ1v) is 11.0. The first-order valence-electron chi connectivity index (χ1n) is 9.59. The molecule has 0 saturated carbocycles. The van der Waals surface area contributed by atoms with Crippen molar-refractivity contribution in [3.63, 3.8) is 0 Å². The monoisotopic (exact) mass is 379 g/mol. The number of thioether (sulfide) groups is 1. The highest BCUT2D eigenvalue weighted by atomic mass is 32.2. The van der Waals surface area contributed by atoms with Crippen molar-refractivity contribution < 1.29 is 0 Å². The number of unbranched alkanes of at least 4 members (excludes halogenated alkanes) is 1. The third kappa shape index (κ3) is 7.78. The van der Waals surface area contributed by atoms with Gasteiger partial charge in [0.05, 0.1) is 0 Å². The largest absolute Gasteiger partial charge is 0.357 e. The van der Waals surface area contributed by atoms with Crippen molar-refractivity contribution >= 4 is 23.7 Å². The van der Waals surface area contributed by atoms with Crippen LogP contribution in [0.25, 0.3) is 0 Å². The molecule has 0 aliphatic carbocycles. The molecule has 2 heterocycles. The van der Waals surface area contributed by atoms with Crippen LogP contribution in [0.2, 0.25) is 0 Å². The zero-order chi connectivity index (χ0) is 18.5. The molecule has 1 aromatic heterocycles. The molecule has 1 fully saturated rings. The lowest BCUT2D eigenvalue weighted by Gasteiger charge is -2.34. The fourth-order valence-electron chi connectivity index (χ4n) is 2.85. The van der Waals surface area contributed by atoms with Gasteiger partial charge in [0.1, 0.15) is 0 Å². The zero-order valence-electron chi connectivity index (χ0n) is 16.2. The molecule has 0 spiro atoms. The van der Waals surface area contributed by atoms with Gasteiger partial charge in [0.2, 0.25) is 5.95 Å². The number of anilines is 1. The van der Waals surface area contributed by atoms with Gasteiger partial charge in [0.15, 0.2) is 5.96 Å². The summed E-state index contributed by atoms with van der Waals surface area (Å²) in [5, 5.41) is 6.79. The summed E-state index contributed by atoms with van der Waals surface area (Å²) in [6, 6.07) is 1.86. The summed E-state index contributed by atoms with van der Waals surface area (Å²) in [4.78, 5) is 18.1. The molecule has 26 heavy (non-hydrogen) atoms. The lowest BCUT2D eigenvalue weighted by molar-refractivity contribution is 0.260. The van der Waals surface area contributed by atoms with Gasteiger partial charge in [-0.05, 0) is 37.8 Å². The molecule has 0 radical (unpaired) electrons. The molecule has 0 bridgehead atoms. The van der Waals surface area contributed by atoms with E-state index in [1.807, 2.05) is 17.8 Å². The molecule has 8 heteroatoms. The number of nitrogens with zero attached hydrogens (tertiary/aromatic N) is 5. The van der Waals surface area contributed by atoms with Crippen molar-refractivity contribution in [2.24, 2.45) is 4.99 Å². The average Bonchev–Trinajstić information content (AvgIpc) is 2.69. The van der Waals surface area contributed by atoms with Crippen LogP contribution in [0.15, 0.2) is 23.5 Å². The second-order valence-electron chi connectivity index (χ2n) is 6.26. The topological polar surface area (TPSA) is 68.7 Å². The van der Waals surface area contributed by atoms with Gasteiger partial charge in [-0.3, -0.25) is 9.89 Å². The van der Waals surface area contributed by atoms with Gasteiger partial charge >= 0.3 is 0 Å². The van der Waals surface area contributed by atoms with E-state index < -0.39 is 0 Å². The van der Waals surface area contributed by atoms with Gasteiger partial charge in [0.25, 0.3) is 0 Å². The van der Waals surface area contributed by atoms with Crippen molar-refractivity contribution in [1.82, 2.24) is 25.5 Å². The number of guanidine groups is 1. The predicted octanol–water partition coefficient (Wildman–Crippen LogP) is 1.30. The molecule has 1 aliphatic rings. The quantitative estimate of drug-likeness (QED) is 0.361. The number of rotatable bonds is 10. The Kier molecular flexibility index (Phi) is 10.2. The Bertz CT molecular complexity index is 504. The fourth-order valence-corrected chi connectivity index (χ4v) is 3.34. The van der Waals surface area contributed by atoms with E-state index in [0.29, 0.717) is 0 Å². The summed E-state index contributed by atoms with van der Waals surface area (Å²) in [6.45, 7) is 9.89. The molecule has 1 saturated heterocycles. The van der Waals surface area contributed by atoms with E-state index in [2.05, 4.69) is 48.6 Å². The molecule has 0 aromatic carbocycles. The van der Waals surface area contributed by atoms with E-state index in [0.717, 1.165) is 70.7 Å². The second-order valence-corrected chi connectivity index (χ2v) is 7.25. The van der Waals surface area contributed by atoms with Crippen molar-refractivity contribution in [3.8, 4) is 0 Å². The van der Waals surface area contributed by atoms with E-state index in [9.17, 15) is 0 Å². The summed E-state index contributed by atoms with van der Waals surface area (Å²) in [6.07, 6.45) is 8.16. The first-order chi connectivity index (χ1) is 12.8. The van der Waals surface area contributed by atoms with Crippen LogP contribution in [0.3, 0.4) is 0 Å². The maximum absolute atomic E-state index is 4.66. The van der Waals surface area contributed by atoms with Crippen LogP contribution >= 0.6 is 11.8 Å². The Hall–Kier alpha value is -1.54. The van der Waals surface area contributed by atoms with Crippen LogP contribution in [0.5, 0.6) is 0 Å². The van der Waals surface area contributed by atoms with E-state index in [4.69, 9.17) is 0 Å². The van der Waals surface area contributed by atoms with Crippen molar-refractivity contribution in [2.45, 2.75) is 19.8 Å². The van der Waals surface area contributed by atoms with Crippen LogP contribution < -0.4 is 15.5 Å². The van der Waals surface area contributed by atoms with Gasteiger partial charge < -0.3 is 15.5 Å². The van der Waals surface area contributed by atoms with Crippen LogP contribution in [-0.4, -0.2) is 85.2 Å². The van der Waals surface area contributed by atoms with Crippen molar-refractivity contribution in [1.29, 1.82) is 0 Å². The molecular weight excluding hydrogens is 346 g/mol. The maximum Gasteiger partial charge on any atom is 0.225 e. The number of piperazine rings is 1. The average molecular weight is 380 g/mol. The summed E-state index contributed by atoms with van der Waals surface area (Å²) in [5.41, 5.74) is 0. The Labute approximate surface area is 162 Å². The molecule has 0 atom stereocenters. The molecule has 2 N–H and O–H groups in total. The molecule has 0 unspecified atom stereocenters. The molecule has 1 aliphatic heterocycles. The summed E-state index contributed by atoms with van der Waals surface area (Å²) in [5.74, 6) is 3.00. The van der Waals surface area contributed by atoms with Crippen LogP contribution in [0.4, 0.5) is 5.95 Å². The van der Waals surface area contributed by atoms with Gasteiger partial charge in [-0.15, -0.1) is 0 Å². The van der Waals surface area contributed by atoms with Crippen molar-refractivity contribution in [2.75, 3.05) is 69.3 Å². The molecule has 7 nitrogen and oxygen atoms in total. The van der Waals surface area contributed by atoms with E-state index in [1.165, 1.54) is 12.2 Å². The number of hydrogen-bond donors (Lipinski definition) is 2. The SMILES string of the molecule is CCNC(=NCCCCSC)NCCN1CCN(c2ncccn2)CC1. The minimum absolute atomic E-state index is 0.841. The normalized spacial score (nSPS) is 15.9. The Morgan fingerprint density at radius 2 is 1.92 bits per heavy atom. The Morgan fingerprint density at radius 3 is 2.62 bits per heavy atom. The summed E-state index contributed by atoms with van der Waals surface area (Å²) >= 11 is 1.90. The molecular formula is C18H33N7S. The Morgan fingerprint density at radius 1 is 1.15 bits per heavy atom. The molecule has 1 aromatic rings. The minimum atomic E-state index is 0.841.